The molecule has 0 saturated carbocycles. The number of piperidine rings is 1. The largest absolute Gasteiger partial charge is 0.497 e. The second kappa shape index (κ2) is 7.46. The van der Waals surface area contributed by atoms with Crippen LogP contribution >= 0.6 is 0 Å². The third kappa shape index (κ3) is 3.26. The van der Waals surface area contributed by atoms with Gasteiger partial charge in [0.1, 0.15) is 5.75 Å². The van der Waals surface area contributed by atoms with Crippen LogP contribution in [0.2, 0.25) is 0 Å². The molecule has 3 aromatic rings. The Bertz CT molecular complexity index is 1070. The molecule has 1 saturated heterocycles. The van der Waals surface area contributed by atoms with Gasteiger partial charge in [0, 0.05) is 18.5 Å². The molecule has 1 unspecified atom stereocenters. The molecule has 1 aromatic heterocycles. The van der Waals surface area contributed by atoms with Crippen LogP contribution in [0.1, 0.15) is 30.3 Å². The Balaban J connectivity index is 1.86. The Morgan fingerprint density at radius 2 is 1.82 bits per heavy atom. The molecule has 1 atom stereocenters. The van der Waals surface area contributed by atoms with E-state index in [-0.39, 0.29) is 11.5 Å². The van der Waals surface area contributed by atoms with Crippen molar-refractivity contribution in [3.63, 3.8) is 0 Å². The molecule has 144 valence electrons. The predicted octanol–water partition coefficient (Wildman–Crippen LogP) is 3.27. The van der Waals surface area contributed by atoms with Gasteiger partial charge in [0.15, 0.2) is 5.69 Å². The number of likely N-dealkylation sites (tertiary alicyclic amines) is 1. The summed E-state index contributed by atoms with van der Waals surface area (Å²) in [5, 5.41) is 5.58. The molecule has 2 aromatic carbocycles. The van der Waals surface area contributed by atoms with E-state index in [1.165, 1.54) is 4.68 Å². The van der Waals surface area contributed by atoms with Gasteiger partial charge in [-0.3, -0.25) is 9.59 Å². The SMILES string of the molecule is COc1ccc(-n2nc(C(=O)N3CCCC(C)C3)c3ccccc3c2=O)cc1. The van der Waals surface area contributed by atoms with Crippen molar-refractivity contribution in [1.82, 2.24) is 14.7 Å². The molecule has 0 aliphatic carbocycles. The van der Waals surface area contributed by atoms with Gasteiger partial charge in [0.25, 0.3) is 11.5 Å². The lowest BCUT2D eigenvalue weighted by atomic mass is 9.99. The summed E-state index contributed by atoms with van der Waals surface area (Å²) in [6.45, 7) is 3.60. The third-order valence-electron chi connectivity index (χ3n) is 5.27. The predicted molar refractivity (Wildman–Crippen MR) is 108 cm³/mol. The number of rotatable bonds is 3. The molecule has 6 heteroatoms. The van der Waals surface area contributed by atoms with E-state index in [1.807, 2.05) is 11.0 Å². The summed E-state index contributed by atoms with van der Waals surface area (Å²) in [6, 6.07) is 14.2. The normalized spacial score (nSPS) is 16.9. The number of fused-ring (bicyclic) bond motifs is 1. The molecule has 6 nitrogen and oxygen atoms in total. The monoisotopic (exact) mass is 377 g/mol. The van der Waals surface area contributed by atoms with Crippen LogP contribution in [0.3, 0.4) is 0 Å². The number of aromatic nitrogens is 2. The number of nitrogens with zero attached hydrogens (tertiary/aromatic N) is 3. The Hall–Kier alpha value is -3.15. The fourth-order valence-electron chi connectivity index (χ4n) is 3.77. The zero-order valence-corrected chi connectivity index (χ0v) is 16.1. The molecule has 1 aliphatic heterocycles. The van der Waals surface area contributed by atoms with Crippen molar-refractivity contribution in [2.24, 2.45) is 5.92 Å². The molecule has 1 amide bonds. The molecule has 28 heavy (non-hydrogen) atoms. The van der Waals surface area contributed by atoms with Crippen LogP contribution in [0.5, 0.6) is 5.75 Å². The molecule has 1 aliphatic rings. The molecule has 0 N–H and O–H groups in total. The number of hydrogen-bond acceptors (Lipinski definition) is 4. The van der Waals surface area contributed by atoms with Gasteiger partial charge in [-0.1, -0.05) is 25.1 Å². The van der Waals surface area contributed by atoms with E-state index >= 15 is 0 Å². The summed E-state index contributed by atoms with van der Waals surface area (Å²) in [4.78, 5) is 28.2. The zero-order valence-electron chi connectivity index (χ0n) is 16.1. The number of ether oxygens (including phenoxy) is 1. The highest BCUT2D eigenvalue weighted by atomic mass is 16.5. The van der Waals surface area contributed by atoms with E-state index < -0.39 is 0 Å². The maximum Gasteiger partial charge on any atom is 0.279 e. The van der Waals surface area contributed by atoms with E-state index in [1.54, 1.807) is 49.6 Å². The standard InChI is InChI=1S/C22H23N3O3/c1-15-6-5-13-24(14-15)22(27)20-18-7-3-4-8-19(18)21(26)25(23-20)16-9-11-17(28-2)12-10-16/h3-4,7-12,15H,5-6,13-14H2,1-2H3. The number of amides is 1. The Labute approximate surface area is 163 Å². The number of benzene rings is 2. The minimum atomic E-state index is -0.246. The number of carbonyl (C=O) groups is 1. The van der Waals surface area contributed by atoms with Gasteiger partial charge in [-0.15, -0.1) is 0 Å². The number of methoxy groups -OCH3 is 1. The highest BCUT2D eigenvalue weighted by Gasteiger charge is 2.26. The molecule has 4 rings (SSSR count). The van der Waals surface area contributed by atoms with E-state index in [0.29, 0.717) is 33.8 Å². The summed E-state index contributed by atoms with van der Waals surface area (Å²) in [5.41, 5.74) is 0.669. The first-order valence-electron chi connectivity index (χ1n) is 9.54. The van der Waals surface area contributed by atoms with Gasteiger partial charge in [0.05, 0.1) is 18.2 Å². The van der Waals surface area contributed by atoms with Gasteiger partial charge in [-0.2, -0.15) is 9.78 Å². The average Bonchev–Trinajstić information content (AvgIpc) is 2.74. The molecular formula is C22H23N3O3. The van der Waals surface area contributed by atoms with Gasteiger partial charge in [-0.25, -0.2) is 0 Å². The van der Waals surface area contributed by atoms with Crippen LogP contribution in [0.15, 0.2) is 53.3 Å². The third-order valence-corrected chi connectivity index (χ3v) is 5.27. The van der Waals surface area contributed by atoms with Crippen molar-refractivity contribution >= 4 is 16.7 Å². The Morgan fingerprint density at radius 3 is 2.50 bits per heavy atom. The van der Waals surface area contributed by atoms with Crippen molar-refractivity contribution in [1.29, 1.82) is 0 Å². The van der Waals surface area contributed by atoms with Gasteiger partial charge < -0.3 is 9.64 Å². The van der Waals surface area contributed by atoms with Crippen molar-refractivity contribution < 1.29 is 9.53 Å². The molecule has 0 bridgehead atoms. The second-order valence-corrected chi connectivity index (χ2v) is 7.31. The second-order valence-electron chi connectivity index (χ2n) is 7.31. The van der Waals surface area contributed by atoms with E-state index in [4.69, 9.17) is 4.74 Å². The van der Waals surface area contributed by atoms with Crippen LogP contribution in [-0.2, 0) is 0 Å². The van der Waals surface area contributed by atoms with Crippen molar-refractivity contribution in [3.05, 3.63) is 64.6 Å². The number of hydrogen-bond donors (Lipinski definition) is 0. The lowest BCUT2D eigenvalue weighted by Gasteiger charge is -2.31. The van der Waals surface area contributed by atoms with Crippen molar-refractivity contribution in [3.8, 4) is 11.4 Å². The first-order valence-corrected chi connectivity index (χ1v) is 9.54. The fourth-order valence-corrected chi connectivity index (χ4v) is 3.77. The van der Waals surface area contributed by atoms with Crippen LogP contribution in [0, 0.1) is 5.92 Å². The highest BCUT2D eigenvalue weighted by Crippen LogP contribution is 2.21. The molecule has 1 fully saturated rings. The van der Waals surface area contributed by atoms with Crippen molar-refractivity contribution in [2.45, 2.75) is 19.8 Å². The lowest BCUT2D eigenvalue weighted by molar-refractivity contribution is 0.0677. The molecule has 0 radical (unpaired) electrons. The first kappa shape index (κ1) is 18.2. The van der Waals surface area contributed by atoms with Crippen LogP contribution in [-0.4, -0.2) is 40.8 Å². The molecule has 0 spiro atoms. The minimum absolute atomic E-state index is 0.120. The first-order chi connectivity index (χ1) is 13.6. The summed E-state index contributed by atoms with van der Waals surface area (Å²) in [7, 11) is 1.59. The van der Waals surface area contributed by atoms with E-state index in [9.17, 15) is 9.59 Å². The summed E-state index contributed by atoms with van der Waals surface area (Å²) < 4.78 is 6.50. The quantitative estimate of drug-likeness (QED) is 0.703. The average molecular weight is 377 g/mol. The smallest absolute Gasteiger partial charge is 0.279 e. The summed E-state index contributed by atoms with van der Waals surface area (Å²) in [6.07, 6.45) is 2.12. The maximum absolute atomic E-state index is 13.3. The van der Waals surface area contributed by atoms with Gasteiger partial charge in [-0.05, 0) is 49.1 Å². The van der Waals surface area contributed by atoms with Crippen molar-refractivity contribution in [2.75, 3.05) is 20.2 Å². The maximum atomic E-state index is 13.3. The van der Waals surface area contributed by atoms with E-state index in [2.05, 4.69) is 12.0 Å². The van der Waals surface area contributed by atoms with E-state index in [0.717, 1.165) is 25.9 Å². The lowest BCUT2D eigenvalue weighted by Crippen LogP contribution is -2.40. The number of carbonyl (C=O) groups excluding carboxylic acids is 1. The van der Waals surface area contributed by atoms with Gasteiger partial charge >= 0.3 is 0 Å². The molecule has 2 heterocycles. The molecular weight excluding hydrogens is 354 g/mol. The van der Waals surface area contributed by atoms with Crippen LogP contribution in [0.4, 0.5) is 0 Å². The Morgan fingerprint density at radius 1 is 1.11 bits per heavy atom. The minimum Gasteiger partial charge on any atom is -0.497 e. The fraction of sp³-hybridized carbons (Fsp3) is 0.318. The van der Waals surface area contributed by atoms with Crippen LogP contribution < -0.4 is 10.3 Å². The zero-order chi connectivity index (χ0) is 19.7. The summed E-state index contributed by atoms with van der Waals surface area (Å²) >= 11 is 0. The highest BCUT2D eigenvalue weighted by molar-refractivity contribution is 6.04. The van der Waals surface area contributed by atoms with Gasteiger partial charge in [0.2, 0.25) is 0 Å². The summed E-state index contributed by atoms with van der Waals surface area (Å²) in [5.74, 6) is 1.04. The topological polar surface area (TPSA) is 64.4 Å². The Kier molecular flexibility index (Phi) is 4.86. The van der Waals surface area contributed by atoms with Crippen LogP contribution in [0.25, 0.3) is 16.5 Å².